The standard InChI is InChI=1S/C6H13NO/c1-7(2)6(8)5-3-4-5/h5-6,8H,3-4H2,1-2H3. The van der Waals surface area contributed by atoms with Crippen molar-refractivity contribution in [3.63, 3.8) is 0 Å². The summed E-state index contributed by atoms with van der Waals surface area (Å²) in [6.07, 6.45) is 2.23. The summed E-state index contributed by atoms with van der Waals surface area (Å²) < 4.78 is 0. The molecule has 48 valence electrons. The maximum Gasteiger partial charge on any atom is 0.109 e. The summed E-state index contributed by atoms with van der Waals surface area (Å²) >= 11 is 0. The average molecular weight is 115 g/mol. The Morgan fingerprint density at radius 1 is 1.50 bits per heavy atom. The summed E-state index contributed by atoms with van der Waals surface area (Å²) in [5, 5.41) is 9.19. The lowest BCUT2D eigenvalue weighted by Crippen LogP contribution is -2.29. The Bertz CT molecular complexity index is 76.6. The third kappa shape index (κ3) is 1.20. The highest BCUT2D eigenvalue weighted by atomic mass is 16.3. The molecule has 0 spiro atoms. The minimum absolute atomic E-state index is 0.185. The van der Waals surface area contributed by atoms with E-state index in [9.17, 15) is 5.11 Å². The fraction of sp³-hybridized carbons (Fsp3) is 1.00. The van der Waals surface area contributed by atoms with Crippen molar-refractivity contribution in [3.8, 4) is 0 Å². The first-order valence-corrected chi connectivity index (χ1v) is 3.06. The predicted octanol–water partition coefficient (Wildman–Crippen LogP) is 0.276. The van der Waals surface area contributed by atoms with Gasteiger partial charge in [-0.3, -0.25) is 4.90 Å². The van der Waals surface area contributed by atoms with Gasteiger partial charge >= 0.3 is 0 Å². The van der Waals surface area contributed by atoms with Crippen LogP contribution < -0.4 is 0 Å². The molecule has 1 unspecified atom stereocenters. The molecule has 1 N–H and O–H groups in total. The normalized spacial score (nSPS) is 24.0. The van der Waals surface area contributed by atoms with E-state index in [1.54, 1.807) is 0 Å². The monoisotopic (exact) mass is 115 g/mol. The number of rotatable bonds is 2. The lowest BCUT2D eigenvalue weighted by Gasteiger charge is -2.16. The second-order valence-electron chi connectivity index (χ2n) is 2.71. The summed E-state index contributed by atoms with van der Waals surface area (Å²) in [6, 6.07) is 0. The molecule has 1 atom stereocenters. The molecule has 0 aromatic rings. The fourth-order valence-corrected chi connectivity index (χ4v) is 0.816. The Labute approximate surface area is 50.1 Å². The first-order valence-electron chi connectivity index (χ1n) is 3.06. The third-order valence-electron chi connectivity index (χ3n) is 1.57. The molecule has 0 radical (unpaired) electrons. The van der Waals surface area contributed by atoms with Gasteiger partial charge in [-0.05, 0) is 32.9 Å². The van der Waals surface area contributed by atoms with Crippen LogP contribution in [0.15, 0.2) is 0 Å². The second kappa shape index (κ2) is 2.03. The molecule has 8 heavy (non-hydrogen) atoms. The quantitative estimate of drug-likeness (QED) is 0.522. The number of nitrogens with zero attached hydrogens (tertiary/aromatic N) is 1. The van der Waals surface area contributed by atoms with Crippen LogP contribution in [0.5, 0.6) is 0 Å². The van der Waals surface area contributed by atoms with Crippen LogP contribution in [0.4, 0.5) is 0 Å². The smallest absolute Gasteiger partial charge is 0.109 e. The van der Waals surface area contributed by atoms with Gasteiger partial charge in [-0.25, -0.2) is 0 Å². The van der Waals surface area contributed by atoms with Gasteiger partial charge in [-0.2, -0.15) is 0 Å². The van der Waals surface area contributed by atoms with Crippen LogP contribution in [-0.4, -0.2) is 30.3 Å². The number of aliphatic hydroxyl groups excluding tert-OH is 1. The van der Waals surface area contributed by atoms with Gasteiger partial charge in [0.1, 0.15) is 6.23 Å². The molecule has 2 heteroatoms. The Morgan fingerprint density at radius 2 is 2.00 bits per heavy atom. The minimum Gasteiger partial charge on any atom is -0.378 e. The van der Waals surface area contributed by atoms with E-state index in [0.717, 1.165) is 0 Å². The molecule has 0 aliphatic heterocycles. The summed E-state index contributed by atoms with van der Waals surface area (Å²) in [5.41, 5.74) is 0. The highest BCUT2D eigenvalue weighted by Crippen LogP contribution is 2.32. The molecule has 1 fully saturated rings. The van der Waals surface area contributed by atoms with Crippen LogP contribution >= 0.6 is 0 Å². The Kier molecular flexibility index (Phi) is 1.54. The zero-order chi connectivity index (χ0) is 6.15. The molecule has 1 saturated carbocycles. The predicted molar refractivity (Wildman–Crippen MR) is 32.4 cm³/mol. The molecular formula is C6H13NO. The molecule has 0 amide bonds. The van der Waals surface area contributed by atoms with Gasteiger partial charge in [-0.15, -0.1) is 0 Å². The van der Waals surface area contributed by atoms with Gasteiger partial charge in [0.2, 0.25) is 0 Å². The van der Waals surface area contributed by atoms with Crippen LogP contribution in [0.3, 0.4) is 0 Å². The fourth-order valence-electron chi connectivity index (χ4n) is 0.816. The van der Waals surface area contributed by atoms with Crippen LogP contribution in [0, 0.1) is 5.92 Å². The molecule has 0 bridgehead atoms. The SMILES string of the molecule is CN(C)C(O)C1CC1. The van der Waals surface area contributed by atoms with Gasteiger partial charge in [0.05, 0.1) is 0 Å². The van der Waals surface area contributed by atoms with Crippen LogP contribution in [0.1, 0.15) is 12.8 Å². The van der Waals surface area contributed by atoms with Crippen LogP contribution in [0.2, 0.25) is 0 Å². The highest BCUT2D eigenvalue weighted by Gasteiger charge is 2.30. The molecule has 1 aliphatic carbocycles. The number of hydrogen-bond donors (Lipinski definition) is 1. The topological polar surface area (TPSA) is 23.5 Å². The zero-order valence-corrected chi connectivity index (χ0v) is 5.46. The van der Waals surface area contributed by atoms with Crippen molar-refractivity contribution in [2.75, 3.05) is 14.1 Å². The van der Waals surface area contributed by atoms with Crippen molar-refractivity contribution in [1.82, 2.24) is 4.90 Å². The molecule has 2 nitrogen and oxygen atoms in total. The molecule has 0 aromatic heterocycles. The van der Waals surface area contributed by atoms with E-state index >= 15 is 0 Å². The van der Waals surface area contributed by atoms with E-state index in [1.807, 2.05) is 19.0 Å². The molecular weight excluding hydrogens is 102 g/mol. The molecule has 0 aromatic carbocycles. The van der Waals surface area contributed by atoms with Gasteiger partial charge in [0, 0.05) is 0 Å². The minimum atomic E-state index is -0.185. The van der Waals surface area contributed by atoms with Crippen LogP contribution in [0.25, 0.3) is 0 Å². The van der Waals surface area contributed by atoms with E-state index < -0.39 is 0 Å². The van der Waals surface area contributed by atoms with Crippen LogP contribution in [-0.2, 0) is 0 Å². The van der Waals surface area contributed by atoms with Crippen molar-refractivity contribution in [1.29, 1.82) is 0 Å². The maximum absolute atomic E-state index is 9.19. The van der Waals surface area contributed by atoms with Crippen molar-refractivity contribution < 1.29 is 5.11 Å². The highest BCUT2D eigenvalue weighted by molar-refractivity contribution is 4.78. The largest absolute Gasteiger partial charge is 0.378 e. The molecule has 1 rings (SSSR count). The number of hydrogen-bond acceptors (Lipinski definition) is 2. The third-order valence-corrected chi connectivity index (χ3v) is 1.57. The van der Waals surface area contributed by atoms with Crippen molar-refractivity contribution in [2.45, 2.75) is 19.1 Å². The van der Waals surface area contributed by atoms with Crippen molar-refractivity contribution >= 4 is 0 Å². The molecule has 1 aliphatic rings. The average Bonchev–Trinajstić information content (AvgIpc) is 2.43. The van der Waals surface area contributed by atoms with E-state index in [1.165, 1.54) is 12.8 Å². The zero-order valence-electron chi connectivity index (χ0n) is 5.46. The summed E-state index contributed by atoms with van der Waals surface area (Å²) in [5.74, 6) is 0.574. The van der Waals surface area contributed by atoms with Gasteiger partial charge < -0.3 is 5.11 Å². The Morgan fingerprint density at radius 3 is 2.12 bits per heavy atom. The Balaban J connectivity index is 2.22. The molecule has 0 saturated heterocycles. The maximum atomic E-state index is 9.19. The summed E-state index contributed by atoms with van der Waals surface area (Å²) in [4.78, 5) is 1.86. The lowest BCUT2D eigenvalue weighted by atomic mass is 10.3. The van der Waals surface area contributed by atoms with Gasteiger partial charge in [0.25, 0.3) is 0 Å². The van der Waals surface area contributed by atoms with Crippen molar-refractivity contribution in [3.05, 3.63) is 0 Å². The first-order chi connectivity index (χ1) is 3.72. The van der Waals surface area contributed by atoms with E-state index in [2.05, 4.69) is 0 Å². The molecule has 0 heterocycles. The first kappa shape index (κ1) is 6.05. The van der Waals surface area contributed by atoms with E-state index in [4.69, 9.17) is 0 Å². The second-order valence-corrected chi connectivity index (χ2v) is 2.71. The van der Waals surface area contributed by atoms with E-state index in [-0.39, 0.29) is 6.23 Å². The number of aliphatic hydroxyl groups is 1. The Hall–Kier alpha value is -0.0800. The van der Waals surface area contributed by atoms with Gasteiger partial charge in [-0.1, -0.05) is 0 Å². The van der Waals surface area contributed by atoms with Crippen molar-refractivity contribution in [2.24, 2.45) is 5.92 Å². The lowest BCUT2D eigenvalue weighted by molar-refractivity contribution is 0.0217. The van der Waals surface area contributed by atoms with Gasteiger partial charge in [0.15, 0.2) is 0 Å². The van der Waals surface area contributed by atoms with E-state index in [0.29, 0.717) is 5.92 Å². The summed E-state index contributed by atoms with van der Waals surface area (Å²) in [6.45, 7) is 0. The summed E-state index contributed by atoms with van der Waals surface area (Å²) in [7, 11) is 3.81.